The summed E-state index contributed by atoms with van der Waals surface area (Å²) in [7, 11) is 1.19. The second-order valence-electron chi connectivity index (χ2n) is 6.98. The smallest absolute Gasteiger partial charge is 0.451 e. The lowest BCUT2D eigenvalue weighted by Gasteiger charge is -2.18. The molecule has 0 saturated carbocycles. The van der Waals surface area contributed by atoms with Gasteiger partial charge in [-0.2, -0.15) is 13.2 Å². The summed E-state index contributed by atoms with van der Waals surface area (Å²) in [5.74, 6) is -1.74. The number of hydrogen-bond acceptors (Lipinski definition) is 7. The Bertz CT molecular complexity index is 955. The molecule has 1 N–H and O–H groups in total. The number of rotatable bonds is 6. The number of thioether (sulfide) groups is 1. The zero-order chi connectivity index (χ0) is 22.1. The van der Waals surface area contributed by atoms with Gasteiger partial charge in [0.15, 0.2) is 5.16 Å². The molecule has 3 rings (SSSR count). The van der Waals surface area contributed by atoms with Crippen LogP contribution in [0.4, 0.5) is 18.2 Å². The van der Waals surface area contributed by atoms with Gasteiger partial charge in [-0.3, -0.25) is 4.79 Å². The molecule has 1 aliphatic rings. The standard InChI is InChI=1S/C18H21F3N4O3S2/c1-4-28-15(27)13-10-6-5-9(2)7-11(10)30-14(13)22-12(26)8-29-17-24-23-16(25(17)3)18(19,20)21/h9H,4-8H2,1-3H3,(H,22,26)/t9-/m0/s1. The summed E-state index contributed by atoms with van der Waals surface area (Å²) in [5, 5.41) is 9.76. The Kier molecular flexibility index (Phi) is 6.75. The molecule has 0 saturated heterocycles. The van der Waals surface area contributed by atoms with E-state index in [1.165, 1.54) is 18.4 Å². The molecule has 1 aliphatic carbocycles. The third kappa shape index (κ3) is 4.80. The summed E-state index contributed by atoms with van der Waals surface area (Å²) in [5.41, 5.74) is 1.31. The quantitative estimate of drug-likeness (QED) is 0.517. The molecule has 7 nitrogen and oxygen atoms in total. The van der Waals surface area contributed by atoms with E-state index in [-0.39, 0.29) is 17.5 Å². The molecular weight excluding hydrogens is 441 g/mol. The normalized spacial score (nSPS) is 16.3. The van der Waals surface area contributed by atoms with Crippen molar-refractivity contribution in [3.8, 4) is 0 Å². The number of hydrogen-bond donors (Lipinski definition) is 1. The van der Waals surface area contributed by atoms with Crippen LogP contribution in [0, 0.1) is 5.92 Å². The van der Waals surface area contributed by atoms with Crippen LogP contribution in [0.1, 0.15) is 46.9 Å². The van der Waals surface area contributed by atoms with Gasteiger partial charge in [-0.05, 0) is 37.7 Å². The second kappa shape index (κ2) is 8.96. The Balaban J connectivity index is 1.74. The van der Waals surface area contributed by atoms with Crippen molar-refractivity contribution < 1.29 is 27.5 Å². The van der Waals surface area contributed by atoms with Gasteiger partial charge in [-0.15, -0.1) is 21.5 Å². The summed E-state index contributed by atoms with van der Waals surface area (Å²) in [6.07, 6.45) is -2.10. The number of alkyl halides is 3. The number of carbonyl (C=O) groups is 2. The van der Waals surface area contributed by atoms with Crippen molar-refractivity contribution in [1.82, 2.24) is 14.8 Å². The Morgan fingerprint density at radius 2 is 2.10 bits per heavy atom. The number of nitrogens with zero attached hydrogens (tertiary/aromatic N) is 3. The van der Waals surface area contributed by atoms with Crippen molar-refractivity contribution in [2.45, 2.75) is 44.4 Å². The fraction of sp³-hybridized carbons (Fsp3) is 0.556. The number of amides is 1. The van der Waals surface area contributed by atoms with Gasteiger partial charge in [-0.25, -0.2) is 4.79 Å². The highest BCUT2D eigenvalue weighted by molar-refractivity contribution is 7.99. The topological polar surface area (TPSA) is 86.1 Å². The van der Waals surface area contributed by atoms with Gasteiger partial charge in [0.25, 0.3) is 0 Å². The molecule has 2 aromatic rings. The lowest BCUT2D eigenvalue weighted by atomic mass is 9.88. The van der Waals surface area contributed by atoms with Gasteiger partial charge in [0.1, 0.15) is 5.00 Å². The average Bonchev–Trinajstić information content (AvgIpc) is 3.19. The molecule has 0 aliphatic heterocycles. The fourth-order valence-corrected chi connectivity index (χ4v) is 5.36. The highest BCUT2D eigenvalue weighted by Crippen LogP contribution is 2.40. The first-order chi connectivity index (χ1) is 14.1. The second-order valence-corrected chi connectivity index (χ2v) is 9.02. The van der Waals surface area contributed by atoms with E-state index < -0.39 is 23.9 Å². The average molecular weight is 463 g/mol. The maximum Gasteiger partial charge on any atom is 0.451 e. The monoisotopic (exact) mass is 462 g/mol. The van der Waals surface area contributed by atoms with Crippen LogP contribution in [-0.2, 0) is 35.6 Å². The molecule has 2 heterocycles. The lowest BCUT2D eigenvalue weighted by molar-refractivity contribution is -0.147. The number of ether oxygens (including phenoxy) is 1. The van der Waals surface area contributed by atoms with Crippen LogP contribution in [0.15, 0.2) is 5.16 Å². The summed E-state index contributed by atoms with van der Waals surface area (Å²) in [6.45, 7) is 4.07. The van der Waals surface area contributed by atoms with Crippen molar-refractivity contribution in [2.75, 3.05) is 17.7 Å². The van der Waals surface area contributed by atoms with Crippen LogP contribution in [0.3, 0.4) is 0 Å². The SMILES string of the molecule is CCOC(=O)c1c(NC(=O)CSc2nnc(C(F)(F)F)n2C)sc2c1CC[C@H](C)C2. The summed E-state index contributed by atoms with van der Waals surface area (Å²) < 4.78 is 44.4. The number of halogens is 3. The maximum atomic E-state index is 12.8. The number of fused-ring (bicyclic) bond motifs is 1. The van der Waals surface area contributed by atoms with E-state index in [2.05, 4.69) is 22.4 Å². The first kappa shape index (κ1) is 22.6. The van der Waals surface area contributed by atoms with Crippen LogP contribution in [0.2, 0.25) is 0 Å². The van der Waals surface area contributed by atoms with Crippen LogP contribution < -0.4 is 5.32 Å². The van der Waals surface area contributed by atoms with Gasteiger partial charge in [-0.1, -0.05) is 18.7 Å². The van der Waals surface area contributed by atoms with E-state index in [9.17, 15) is 22.8 Å². The Labute approximate surface area is 179 Å². The molecule has 2 aromatic heterocycles. The minimum Gasteiger partial charge on any atom is -0.462 e. The molecule has 0 fully saturated rings. The summed E-state index contributed by atoms with van der Waals surface area (Å²) >= 11 is 2.19. The van der Waals surface area contributed by atoms with E-state index in [4.69, 9.17) is 4.74 Å². The van der Waals surface area contributed by atoms with Gasteiger partial charge in [0.2, 0.25) is 11.7 Å². The first-order valence-electron chi connectivity index (χ1n) is 9.32. The Hall–Kier alpha value is -2.08. The number of esters is 1. The van der Waals surface area contributed by atoms with Gasteiger partial charge in [0, 0.05) is 11.9 Å². The molecule has 0 aromatic carbocycles. The molecule has 0 spiro atoms. The molecule has 164 valence electrons. The molecule has 1 atom stereocenters. The van der Waals surface area contributed by atoms with E-state index in [1.807, 2.05) is 0 Å². The molecular formula is C18H21F3N4O3S2. The predicted molar refractivity (Wildman–Crippen MR) is 107 cm³/mol. The third-order valence-electron chi connectivity index (χ3n) is 4.67. The van der Waals surface area contributed by atoms with Gasteiger partial charge in [0.05, 0.1) is 17.9 Å². The molecule has 30 heavy (non-hydrogen) atoms. The van der Waals surface area contributed by atoms with Crippen LogP contribution in [-0.4, -0.2) is 39.0 Å². The zero-order valence-corrected chi connectivity index (χ0v) is 18.3. The van der Waals surface area contributed by atoms with E-state index in [0.29, 0.717) is 16.5 Å². The van der Waals surface area contributed by atoms with E-state index >= 15 is 0 Å². The number of aromatic nitrogens is 3. The van der Waals surface area contributed by atoms with Crippen molar-refractivity contribution in [3.63, 3.8) is 0 Å². The van der Waals surface area contributed by atoms with Crippen molar-refractivity contribution in [2.24, 2.45) is 13.0 Å². The highest BCUT2D eigenvalue weighted by Gasteiger charge is 2.37. The number of thiophene rings is 1. The van der Waals surface area contributed by atoms with Crippen molar-refractivity contribution in [1.29, 1.82) is 0 Å². The minimum atomic E-state index is -4.62. The third-order valence-corrected chi connectivity index (χ3v) is 6.86. The van der Waals surface area contributed by atoms with Crippen LogP contribution >= 0.6 is 23.1 Å². The minimum absolute atomic E-state index is 0.0256. The molecule has 0 unspecified atom stereocenters. The number of nitrogens with one attached hydrogen (secondary N) is 1. The summed E-state index contributed by atoms with van der Waals surface area (Å²) in [4.78, 5) is 26.0. The maximum absolute atomic E-state index is 12.8. The molecule has 0 bridgehead atoms. The fourth-order valence-electron chi connectivity index (χ4n) is 3.24. The van der Waals surface area contributed by atoms with Gasteiger partial charge >= 0.3 is 12.1 Å². The van der Waals surface area contributed by atoms with Gasteiger partial charge < -0.3 is 14.6 Å². The van der Waals surface area contributed by atoms with E-state index in [0.717, 1.165) is 46.0 Å². The molecule has 1 amide bonds. The molecule has 0 radical (unpaired) electrons. The number of carbonyl (C=O) groups excluding carboxylic acids is 2. The summed E-state index contributed by atoms with van der Waals surface area (Å²) in [6, 6.07) is 0. The zero-order valence-electron chi connectivity index (χ0n) is 16.6. The highest BCUT2D eigenvalue weighted by atomic mass is 32.2. The first-order valence-corrected chi connectivity index (χ1v) is 11.1. The van der Waals surface area contributed by atoms with E-state index in [1.54, 1.807) is 6.92 Å². The van der Waals surface area contributed by atoms with Crippen LogP contribution in [0.25, 0.3) is 0 Å². The van der Waals surface area contributed by atoms with Crippen molar-refractivity contribution >= 4 is 40.0 Å². The Morgan fingerprint density at radius 3 is 2.73 bits per heavy atom. The largest absolute Gasteiger partial charge is 0.462 e. The number of anilines is 1. The molecule has 12 heteroatoms. The van der Waals surface area contributed by atoms with Crippen LogP contribution in [0.5, 0.6) is 0 Å². The Morgan fingerprint density at radius 1 is 1.37 bits per heavy atom. The van der Waals surface area contributed by atoms with Crippen molar-refractivity contribution in [3.05, 3.63) is 21.8 Å². The predicted octanol–water partition coefficient (Wildman–Crippen LogP) is 3.93. The lowest BCUT2D eigenvalue weighted by Crippen LogP contribution is -2.18.